The van der Waals surface area contributed by atoms with Crippen molar-refractivity contribution in [3.05, 3.63) is 0 Å². The lowest BCUT2D eigenvalue weighted by Crippen LogP contribution is -2.61. The van der Waals surface area contributed by atoms with Crippen molar-refractivity contribution in [3.8, 4) is 0 Å². The van der Waals surface area contributed by atoms with Crippen LogP contribution in [-0.2, 0) is 19.1 Å². The average molecular weight is 450 g/mol. The standard InChI is InChI=1S/C19H32N2O3.C2HF3O2/c22-18(10-14-3-4-14)20-17-13-21(11-15-5-8-23-9-6-15)12-16-2-1-7-24-19(16)17;3-2(4,5)1(6)7/h14-17,19H,1-13H2,(H,20,22);(H,6,7)/t16-,17+,19-;/m0./s1. The van der Waals surface area contributed by atoms with E-state index in [1.54, 1.807) is 0 Å². The molecular weight excluding hydrogens is 417 g/mol. The summed E-state index contributed by atoms with van der Waals surface area (Å²) in [7, 11) is 0. The van der Waals surface area contributed by atoms with Crippen molar-refractivity contribution < 1.29 is 37.3 Å². The smallest absolute Gasteiger partial charge is 0.475 e. The summed E-state index contributed by atoms with van der Waals surface area (Å²) in [6.07, 6.45) is 3.09. The van der Waals surface area contributed by atoms with Crippen LogP contribution < -0.4 is 5.32 Å². The Balaban J connectivity index is 0.000000339. The Morgan fingerprint density at radius 2 is 1.68 bits per heavy atom. The lowest BCUT2D eigenvalue weighted by Gasteiger charge is -2.47. The molecule has 0 aromatic rings. The number of aliphatic carboxylic acids is 1. The van der Waals surface area contributed by atoms with Crippen LogP contribution in [0.1, 0.15) is 44.9 Å². The van der Waals surface area contributed by atoms with E-state index in [2.05, 4.69) is 10.2 Å². The minimum absolute atomic E-state index is 0.176. The molecule has 0 unspecified atom stereocenters. The lowest BCUT2D eigenvalue weighted by atomic mass is 9.84. The average Bonchev–Trinajstić information content (AvgIpc) is 3.52. The van der Waals surface area contributed by atoms with E-state index in [-0.39, 0.29) is 18.1 Å². The first-order valence-corrected chi connectivity index (χ1v) is 11.2. The number of carboxylic acid groups (broad SMARTS) is 1. The zero-order valence-corrected chi connectivity index (χ0v) is 17.7. The van der Waals surface area contributed by atoms with Gasteiger partial charge in [-0.3, -0.25) is 4.79 Å². The number of rotatable bonds is 5. The zero-order chi connectivity index (χ0) is 22.4. The highest BCUT2D eigenvalue weighted by Crippen LogP contribution is 2.33. The van der Waals surface area contributed by atoms with Gasteiger partial charge in [0.05, 0.1) is 12.1 Å². The maximum Gasteiger partial charge on any atom is 0.490 e. The second-order valence-corrected chi connectivity index (χ2v) is 9.14. The number of nitrogens with one attached hydrogen (secondary N) is 1. The van der Waals surface area contributed by atoms with Crippen LogP contribution in [0, 0.1) is 17.8 Å². The van der Waals surface area contributed by atoms with Crippen molar-refractivity contribution >= 4 is 11.9 Å². The van der Waals surface area contributed by atoms with E-state index >= 15 is 0 Å². The predicted octanol–water partition coefficient (Wildman–Crippen LogP) is 2.44. The van der Waals surface area contributed by atoms with Gasteiger partial charge in [-0.15, -0.1) is 0 Å². The van der Waals surface area contributed by atoms with Crippen molar-refractivity contribution in [2.24, 2.45) is 17.8 Å². The number of ether oxygens (including phenoxy) is 2. The second kappa shape index (κ2) is 11.0. The summed E-state index contributed by atoms with van der Waals surface area (Å²) in [6.45, 7) is 5.92. The summed E-state index contributed by atoms with van der Waals surface area (Å²) in [5.41, 5.74) is 0. The summed E-state index contributed by atoms with van der Waals surface area (Å²) >= 11 is 0. The summed E-state index contributed by atoms with van der Waals surface area (Å²) in [6, 6.07) is 0.176. The highest BCUT2D eigenvalue weighted by atomic mass is 19.4. The number of likely N-dealkylation sites (tertiary alicyclic amines) is 1. The molecule has 2 N–H and O–H groups in total. The van der Waals surface area contributed by atoms with Gasteiger partial charge in [-0.1, -0.05) is 0 Å². The van der Waals surface area contributed by atoms with E-state index < -0.39 is 12.1 Å². The van der Waals surface area contributed by atoms with E-state index in [0.717, 1.165) is 51.8 Å². The SMILES string of the molecule is O=C(CC1CC1)N[C@@H]1CN(CC2CCOCC2)C[C@@H]2CCCO[C@@H]21.O=C(O)C(F)(F)F. The molecule has 31 heavy (non-hydrogen) atoms. The lowest BCUT2D eigenvalue weighted by molar-refractivity contribution is -0.192. The van der Waals surface area contributed by atoms with Crippen molar-refractivity contribution in [2.75, 3.05) is 39.5 Å². The van der Waals surface area contributed by atoms with Gasteiger partial charge in [-0.2, -0.15) is 13.2 Å². The third-order valence-corrected chi connectivity index (χ3v) is 6.46. The number of hydrogen-bond donors (Lipinski definition) is 2. The van der Waals surface area contributed by atoms with E-state index in [9.17, 15) is 18.0 Å². The normalized spacial score (nSPS) is 30.0. The molecule has 4 aliphatic rings. The van der Waals surface area contributed by atoms with Gasteiger partial charge in [-0.05, 0) is 56.3 Å². The molecule has 4 fully saturated rings. The molecular formula is C21H33F3N2O5. The van der Waals surface area contributed by atoms with Crippen LogP contribution >= 0.6 is 0 Å². The highest BCUT2D eigenvalue weighted by Gasteiger charge is 2.41. The maximum absolute atomic E-state index is 12.3. The van der Waals surface area contributed by atoms with Crippen molar-refractivity contribution in [1.29, 1.82) is 0 Å². The minimum atomic E-state index is -5.08. The summed E-state index contributed by atoms with van der Waals surface area (Å²) in [4.78, 5) is 23.8. The highest BCUT2D eigenvalue weighted by molar-refractivity contribution is 5.77. The minimum Gasteiger partial charge on any atom is -0.475 e. The Kier molecular flexibility index (Phi) is 8.58. The van der Waals surface area contributed by atoms with Crippen LogP contribution in [-0.4, -0.2) is 79.7 Å². The van der Waals surface area contributed by atoms with Crippen LogP contribution in [0.25, 0.3) is 0 Å². The number of carbonyl (C=O) groups is 2. The number of halogens is 3. The Morgan fingerprint density at radius 1 is 1.00 bits per heavy atom. The number of nitrogens with zero attached hydrogens (tertiary/aromatic N) is 1. The molecule has 3 heterocycles. The molecule has 0 spiro atoms. The van der Waals surface area contributed by atoms with E-state index in [0.29, 0.717) is 18.3 Å². The number of alkyl halides is 3. The fourth-order valence-electron chi connectivity index (χ4n) is 4.71. The molecule has 7 nitrogen and oxygen atoms in total. The van der Waals surface area contributed by atoms with E-state index in [1.165, 1.54) is 32.1 Å². The Morgan fingerprint density at radius 3 is 2.29 bits per heavy atom. The first-order valence-electron chi connectivity index (χ1n) is 11.2. The quantitative estimate of drug-likeness (QED) is 0.669. The molecule has 10 heteroatoms. The van der Waals surface area contributed by atoms with Gasteiger partial charge in [0.2, 0.25) is 5.91 Å². The Hall–Kier alpha value is -1.39. The molecule has 3 atom stereocenters. The number of amides is 1. The van der Waals surface area contributed by atoms with Gasteiger partial charge in [-0.25, -0.2) is 4.79 Å². The molecule has 1 saturated carbocycles. The number of carbonyl (C=O) groups excluding carboxylic acids is 1. The van der Waals surface area contributed by atoms with Gasteiger partial charge in [0.25, 0.3) is 0 Å². The second-order valence-electron chi connectivity index (χ2n) is 9.14. The molecule has 0 aromatic heterocycles. The predicted molar refractivity (Wildman–Crippen MR) is 105 cm³/mol. The molecule has 0 bridgehead atoms. The van der Waals surface area contributed by atoms with Gasteiger partial charge < -0.3 is 24.8 Å². The van der Waals surface area contributed by atoms with Crippen LogP contribution in [0.2, 0.25) is 0 Å². The summed E-state index contributed by atoms with van der Waals surface area (Å²) in [5.74, 6) is -0.535. The van der Waals surface area contributed by atoms with Gasteiger partial charge in [0.15, 0.2) is 0 Å². The Bertz CT molecular complexity index is 606. The molecule has 4 rings (SSSR count). The summed E-state index contributed by atoms with van der Waals surface area (Å²) in [5, 5.41) is 10.5. The fourth-order valence-corrected chi connectivity index (χ4v) is 4.71. The molecule has 0 aromatic carbocycles. The number of carboxylic acids is 1. The van der Waals surface area contributed by atoms with Gasteiger partial charge in [0, 0.05) is 45.9 Å². The van der Waals surface area contributed by atoms with E-state index in [4.69, 9.17) is 19.4 Å². The van der Waals surface area contributed by atoms with Crippen LogP contribution in [0.15, 0.2) is 0 Å². The monoisotopic (exact) mass is 450 g/mol. The first-order chi connectivity index (χ1) is 14.7. The van der Waals surface area contributed by atoms with Gasteiger partial charge >= 0.3 is 12.1 Å². The largest absolute Gasteiger partial charge is 0.490 e. The number of hydrogen-bond acceptors (Lipinski definition) is 5. The molecule has 1 aliphatic carbocycles. The number of piperidine rings is 1. The number of fused-ring (bicyclic) bond motifs is 1. The van der Waals surface area contributed by atoms with Crippen molar-refractivity contribution in [1.82, 2.24) is 10.2 Å². The summed E-state index contributed by atoms with van der Waals surface area (Å²) < 4.78 is 43.3. The molecule has 3 aliphatic heterocycles. The topological polar surface area (TPSA) is 88.1 Å². The van der Waals surface area contributed by atoms with Crippen LogP contribution in [0.3, 0.4) is 0 Å². The van der Waals surface area contributed by atoms with Crippen LogP contribution in [0.4, 0.5) is 13.2 Å². The third kappa shape index (κ3) is 7.91. The van der Waals surface area contributed by atoms with Crippen LogP contribution in [0.5, 0.6) is 0 Å². The Labute approximate surface area is 180 Å². The van der Waals surface area contributed by atoms with Crippen molar-refractivity contribution in [3.63, 3.8) is 0 Å². The molecule has 1 amide bonds. The molecule has 0 radical (unpaired) electrons. The molecule has 3 saturated heterocycles. The van der Waals surface area contributed by atoms with Crippen molar-refractivity contribution in [2.45, 2.75) is 63.3 Å². The van der Waals surface area contributed by atoms with E-state index in [1.807, 2.05) is 0 Å². The van der Waals surface area contributed by atoms with Gasteiger partial charge in [0.1, 0.15) is 0 Å². The maximum atomic E-state index is 12.3. The molecule has 178 valence electrons. The fraction of sp³-hybridized carbons (Fsp3) is 0.905. The first kappa shape index (κ1) is 24.3. The zero-order valence-electron chi connectivity index (χ0n) is 17.7. The third-order valence-electron chi connectivity index (χ3n) is 6.46.